The molecule has 0 saturated heterocycles. The van der Waals surface area contributed by atoms with Gasteiger partial charge in [-0.2, -0.15) is 0 Å². The number of benzene rings is 2. The molecule has 82 valence electrons. The maximum absolute atomic E-state index is 7.00. The summed E-state index contributed by atoms with van der Waals surface area (Å²) in [4.78, 5) is 0. The summed E-state index contributed by atoms with van der Waals surface area (Å²) in [5, 5.41) is 14.0. The molecule has 2 aromatic carbocycles. The third-order valence-electron chi connectivity index (χ3n) is 1.88. The fraction of sp³-hybridized carbons (Fsp3) is 0. The van der Waals surface area contributed by atoms with Crippen molar-refractivity contribution in [2.75, 3.05) is 0 Å². The highest BCUT2D eigenvalue weighted by molar-refractivity contribution is 5.95. The zero-order chi connectivity index (χ0) is 12.2. The van der Waals surface area contributed by atoms with E-state index in [2.05, 4.69) is 48.5 Å². The van der Waals surface area contributed by atoms with Crippen molar-refractivity contribution in [1.82, 2.24) is 0 Å². The van der Waals surface area contributed by atoms with Gasteiger partial charge in [0.1, 0.15) is 0 Å². The Morgan fingerprint density at radius 3 is 1.00 bits per heavy atom. The summed E-state index contributed by atoms with van der Waals surface area (Å²) in [6, 6.07) is 20.8. The zero-order valence-electron chi connectivity index (χ0n) is 9.67. The summed E-state index contributed by atoms with van der Waals surface area (Å²) < 4.78 is 0. The molecule has 0 aliphatic rings. The fourth-order valence-corrected chi connectivity index (χ4v) is 1.26. The molecule has 0 heterocycles. The van der Waals surface area contributed by atoms with E-state index < -0.39 is 0 Å². The lowest BCUT2D eigenvalue weighted by Gasteiger charge is -1.98. The Bertz CT molecular complexity index is 314. The van der Waals surface area contributed by atoms with Crippen molar-refractivity contribution in [3.8, 4) is 11.1 Å². The summed E-state index contributed by atoms with van der Waals surface area (Å²) >= 11 is 0. The lowest BCUT2D eigenvalue weighted by molar-refractivity contribution is 0.628. The van der Waals surface area contributed by atoms with E-state index >= 15 is 0 Å². The highest BCUT2D eigenvalue weighted by Gasteiger charge is 1.91. The van der Waals surface area contributed by atoms with Gasteiger partial charge >= 0.3 is 0 Å². The number of hydrogen-bond donors (Lipinski definition) is 2. The molecule has 0 aliphatic heterocycles. The first-order valence-electron chi connectivity index (χ1n) is 4.97. The first-order valence-corrected chi connectivity index (χ1v) is 4.97. The van der Waals surface area contributed by atoms with Crippen LogP contribution in [0.5, 0.6) is 0 Å². The predicted octanol–water partition coefficient (Wildman–Crippen LogP) is 0.407. The van der Waals surface area contributed by atoms with Gasteiger partial charge in [0.05, 0.1) is 0 Å². The van der Waals surface area contributed by atoms with Crippen molar-refractivity contribution in [2.24, 2.45) is 0 Å². The van der Waals surface area contributed by atoms with E-state index in [1.54, 1.807) is 0 Å². The van der Waals surface area contributed by atoms with Crippen molar-refractivity contribution in [1.29, 1.82) is 0 Å². The molecule has 0 unspecified atom stereocenters. The Hall–Kier alpha value is -1.51. The van der Waals surface area contributed by atoms with Crippen LogP contribution in [0.3, 0.4) is 0 Å². The lowest BCUT2D eigenvalue weighted by atomic mass is 10.1. The molecule has 2 aromatic rings. The van der Waals surface area contributed by atoms with Crippen molar-refractivity contribution >= 4 is 16.1 Å². The second-order valence-corrected chi connectivity index (χ2v) is 2.73. The quantitative estimate of drug-likeness (QED) is 0.674. The minimum Gasteiger partial charge on any atom is -0.458 e. The SMILES string of the molecule is BO.BO.c1ccc(-c2ccccc2)cc1. The van der Waals surface area contributed by atoms with Crippen molar-refractivity contribution in [2.45, 2.75) is 0 Å². The average Bonchev–Trinajstić information content (AvgIpc) is 2.45. The first kappa shape index (κ1) is 14.5. The maximum atomic E-state index is 7.00. The first-order chi connectivity index (χ1) is 7.97. The zero-order valence-corrected chi connectivity index (χ0v) is 9.67. The number of rotatable bonds is 1. The van der Waals surface area contributed by atoms with Crippen LogP contribution in [0.4, 0.5) is 0 Å². The number of hydrogen-bond acceptors (Lipinski definition) is 2. The van der Waals surface area contributed by atoms with Gasteiger partial charge in [-0.3, -0.25) is 0 Å². The van der Waals surface area contributed by atoms with E-state index in [0.29, 0.717) is 0 Å². The summed E-state index contributed by atoms with van der Waals surface area (Å²) in [5.74, 6) is 0. The lowest BCUT2D eigenvalue weighted by Crippen LogP contribution is -1.73. The Balaban J connectivity index is 0.000000509. The highest BCUT2D eigenvalue weighted by atomic mass is 16.2. The Labute approximate surface area is 98.5 Å². The van der Waals surface area contributed by atoms with Crippen LogP contribution in [-0.4, -0.2) is 26.1 Å². The average molecular weight is 214 g/mol. The summed E-state index contributed by atoms with van der Waals surface area (Å²) in [5.41, 5.74) is 2.55. The molecule has 2 nitrogen and oxygen atoms in total. The molecule has 0 spiro atoms. The van der Waals surface area contributed by atoms with E-state index in [0.717, 1.165) is 16.1 Å². The van der Waals surface area contributed by atoms with Gasteiger partial charge in [-0.1, -0.05) is 60.7 Å². The fourth-order valence-electron chi connectivity index (χ4n) is 1.26. The van der Waals surface area contributed by atoms with E-state index in [-0.39, 0.29) is 0 Å². The van der Waals surface area contributed by atoms with Crippen LogP contribution in [0, 0.1) is 0 Å². The molecule has 2 rings (SSSR count). The van der Waals surface area contributed by atoms with Crippen LogP contribution < -0.4 is 0 Å². The molecule has 0 aliphatic carbocycles. The van der Waals surface area contributed by atoms with Crippen LogP contribution in [0.2, 0.25) is 0 Å². The molecular formula is C12H16B2O2. The van der Waals surface area contributed by atoms with Gasteiger partial charge < -0.3 is 10.0 Å². The standard InChI is InChI=1S/C12H10.2BH3O/c1-3-7-11(8-4-1)12-9-5-2-6-10-12;2*1-2/h1-10H;2*2H,1H2. The third kappa shape index (κ3) is 4.82. The Morgan fingerprint density at radius 2 is 0.750 bits per heavy atom. The minimum absolute atomic E-state index is 1.00. The topological polar surface area (TPSA) is 40.5 Å². The predicted molar refractivity (Wildman–Crippen MR) is 73.4 cm³/mol. The van der Waals surface area contributed by atoms with Gasteiger partial charge in [-0.25, -0.2) is 0 Å². The minimum atomic E-state index is 1.00. The molecule has 0 bridgehead atoms. The molecule has 0 radical (unpaired) electrons. The summed E-state index contributed by atoms with van der Waals surface area (Å²) in [7, 11) is 2.00. The van der Waals surface area contributed by atoms with E-state index in [9.17, 15) is 0 Å². The van der Waals surface area contributed by atoms with E-state index in [4.69, 9.17) is 10.0 Å². The molecule has 16 heavy (non-hydrogen) atoms. The normalized spacial score (nSPS) is 7.88. The molecule has 0 amide bonds. The molecule has 0 atom stereocenters. The van der Waals surface area contributed by atoms with Crippen LogP contribution >= 0.6 is 0 Å². The monoisotopic (exact) mass is 214 g/mol. The molecule has 2 N–H and O–H groups in total. The van der Waals surface area contributed by atoms with Crippen LogP contribution in [0.15, 0.2) is 60.7 Å². The largest absolute Gasteiger partial charge is 0.458 e. The summed E-state index contributed by atoms with van der Waals surface area (Å²) in [6.07, 6.45) is 0. The second kappa shape index (κ2) is 10.0. The van der Waals surface area contributed by atoms with Gasteiger partial charge in [0.25, 0.3) is 16.1 Å². The maximum Gasteiger partial charge on any atom is 0.252 e. The van der Waals surface area contributed by atoms with Gasteiger partial charge in [0.15, 0.2) is 0 Å². The van der Waals surface area contributed by atoms with Crippen LogP contribution in [0.25, 0.3) is 11.1 Å². The summed E-state index contributed by atoms with van der Waals surface area (Å²) in [6.45, 7) is 0. The van der Waals surface area contributed by atoms with Crippen molar-refractivity contribution in [3.63, 3.8) is 0 Å². The molecule has 0 saturated carbocycles. The van der Waals surface area contributed by atoms with Crippen LogP contribution in [0.1, 0.15) is 0 Å². The van der Waals surface area contributed by atoms with E-state index in [1.165, 1.54) is 11.1 Å². The third-order valence-corrected chi connectivity index (χ3v) is 1.88. The molecule has 4 heteroatoms. The Kier molecular flexibility index (Phi) is 9.08. The van der Waals surface area contributed by atoms with Gasteiger partial charge in [-0.15, -0.1) is 0 Å². The highest BCUT2D eigenvalue weighted by Crippen LogP contribution is 2.17. The van der Waals surface area contributed by atoms with Gasteiger partial charge in [0, 0.05) is 0 Å². The van der Waals surface area contributed by atoms with Gasteiger partial charge in [-0.05, 0) is 11.1 Å². The van der Waals surface area contributed by atoms with Gasteiger partial charge in [0.2, 0.25) is 0 Å². The molecular weight excluding hydrogens is 198 g/mol. The molecule has 0 fully saturated rings. The second-order valence-electron chi connectivity index (χ2n) is 2.73. The van der Waals surface area contributed by atoms with Crippen molar-refractivity contribution in [3.05, 3.63) is 60.7 Å². The van der Waals surface area contributed by atoms with E-state index in [1.807, 2.05) is 12.1 Å². The van der Waals surface area contributed by atoms with Crippen molar-refractivity contribution < 1.29 is 10.0 Å². The smallest absolute Gasteiger partial charge is 0.252 e. The molecule has 0 aromatic heterocycles. The Morgan fingerprint density at radius 1 is 0.500 bits per heavy atom. The van der Waals surface area contributed by atoms with Crippen LogP contribution in [-0.2, 0) is 0 Å².